The minimum atomic E-state index is -2.75. The van der Waals surface area contributed by atoms with E-state index in [1.54, 1.807) is 20.8 Å². The van der Waals surface area contributed by atoms with Crippen LogP contribution in [0.5, 0.6) is 0 Å². The first kappa shape index (κ1) is 14.8. The Morgan fingerprint density at radius 1 is 1.31 bits per heavy atom. The first-order valence-corrected chi connectivity index (χ1v) is 4.92. The van der Waals surface area contributed by atoms with Gasteiger partial charge in [-0.05, 0) is 5.41 Å². The molecule has 0 heterocycles. The van der Waals surface area contributed by atoms with Gasteiger partial charge in [0, 0.05) is 12.8 Å². The monoisotopic (exact) mass is 237 g/mol. The number of hydrogen-bond acceptors (Lipinski definition) is 2. The van der Waals surface area contributed by atoms with Crippen molar-refractivity contribution in [3.63, 3.8) is 0 Å². The second-order valence-corrected chi connectivity index (χ2v) is 4.82. The Morgan fingerprint density at radius 3 is 2.12 bits per heavy atom. The normalized spacial score (nSPS) is 13.6. The van der Waals surface area contributed by atoms with Crippen molar-refractivity contribution in [2.75, 3.05) is 0 Å². The van der Waals surface area contributed by atoms with E-state index in [-0.39, 0.29) is 11.8 Å². The molecule has 0 aliphatic rings. The minimum absolute atomic E-state index is 0.0972. The summed E-state index contributed by atoms with van der Waals surface area (Å²) < 4.78 is 24.0. The molecule has 0 rings (SSSR count). The Morgan fingerprint density at radius 2 is 1.81 bits per heavy atom. The fourth-order valence-electron chi connectivity index (χ4n) is 1.13. The fraction of sp³-hybridized carbons (Fsp3) is 0.800. The molecule has 1 unspecified atom stereocenters. The highest BCUT2D eigenvalue weighted by Gasteiger charge is 2.25. The van der Waals surface area contributed by atoms with Crippen molar-refractivity contribution in [2.24, 2.45) is 5.41 Å². The number of carbonyl (C=O) groups excluding carboxylic acids is 1. The smallest absolute Gasteiger partial charge is 0.326 e. The summed E-state index contributed by atoms with van der Waals surface area (Å²) in [6.07, 6.45) is -3.53. The highest BCUT2D eigenvalue weighted by Crippen LogP contribution is 2.18. The highest BCUT2D eigenvalue weighted by molar-refractivity contribution is 5.83. The van der Waals surface area contributed by atoms with Gasteiger partial charge in [-0.25, -0.2) is 13.6 Å². The zero-order chi connectivity index (χ0) is 12.9. The fourth-order valence-corrected chi connectivity index (χ4v) is 1.13. The molecule has 6 heteroatoms. The van der Waals surface area contributed by atoms with E-state index in [9.17, 15) is 18.4 Å². The Balaban J connectivity index is 4.30. The molecule has 0 saturated carbocycles. The van der Waals surface area contributed by atoms with Gasteiger partial charge < -0.3 is 10.4 Å². The molecule has 0 aliphatic heterocycles. The van der Waals surface area contributed by atoms with Gasteiger partial charge in [-0.2, -0.15) is 0 Å². The molecule has 0 bridgehead atoms. The van der Waals surface area contributed by atoms with Crippen molar-refractivity contribution in [3.8, 4) is 0 Å². The SMILES string of the molecule is CC(C)(C)CC(=O)NC(CC(F)F)C(=O)O. The lowest BCUT2D eigenvalue weighted by Gasteiger charge is -2.20. The predicted octanol–water partition coefficient (Wildman–Crippen LogP) is 1.65. The summed E-state index contributed by atoms with van der Waals surface area (Å²) in [5.74, 6) is -1.97. The average molecular weight is 237 g/mol. The molecular weight excluding hydrogens is 220 g/mol. The van der Waals surface area contributed by atoms with Crippen molar-refractivity contribution >= 4 is 11.9 Å². The summed E-state index contributed by atoms with van der Waals surface area (Å²) in [5.41, 5.74) is -0.308. The van der Waals surface area contributed by atoms with Crippen molar-refractivity contribution in [1.82, 2.24) is 5.32 Å². The summed E-state index contributed by atoms with van der Waals surface area (Å²) in [7, 11) is 0. The predicted molar refractivity (Wildman–Crippen MR) is 54.3 cm³/mol. The van der Waals surface area contributed by atoms with Crippen molar-refractivity contribution in [3.05, 3.63) is 0 Å². The van der Waals surface area contributed by atoms with Crippen LogP contribution in [0.15, 0.2) is 0 Å². The molecule has 0 radical (unpaired) electrons. The van der Waals surface area contributed by atoms with Gasteiger partial charge in [0.2, 0.25) is 12.3 Å². The number of carboxylic acid groups (broad SMARTS) is 1. The third-order valence-corrected chi connectivity index (χ3v) is 1.74. The summed E-state index contributed by atoms with van der Waals surface area (Å²) in [6.45, 7) is 5.40. The first-order valence-electron chi connectivity index (χ1n) is 4.92. The third kappa shape index (κ3) is 7.14. The van der Waals surface area contributed by atoms with E-state index in [1.165, 1.54) is 0 Å². The van der Waals surface area contributed by atoms with E-state index in [0.717, 1.165) is 0 Å². The molecule has 0 aromatic carbocycles. The molecule has 0 aromatic heterocycles. The van der Waals surface area contributed by atoms with Gasteiger partial charge in [0.25, 0.3) is 0 Å². The maximum absolute atomic E-state index is 12.0. The quantitative estimate of drug-likeness (QED) is 0.764. The van der Waals surface area contributed by atoms with Crippen LogP contribution in [-0.4, -0.2) is 29.5 Å². The van der Waals surface area contributed by atoms with E-state index in [1.807, 2.05) is 0 Å². The van der Waals surface area contributed by atoms with Gasteiger partial charge in [0.15, 0.2) is 0 Å². The molecule has 0 aromatic rings. The molecule has 2 N–H and O–H groups in total. The van der Waals surface area contributed by atoms with Crippen molar-refractivity contribution < 1.29 is 23.5 Å². The largest absolute Gasteiger partial charge is 0.480 e. The van der Waals surface area contributed by atoms with Crippen LogP contribution in [0, 0.1) is 5.41 Å². The Labute approximate surface area is 93.0 Å². The van der Waals surface area contributed by atoms with E-state index in [4.69, 9.17) is 5.11 Å². The second kappa shape index (κ2) is 5.77. The average Bonchev–Trinajstić information content (AvgIpc) is 1.97. The highest BCUT2D eigenvalue weighted by atomic mass is 19.3. The standard InChI is InChI=1S/C10H17F2NO3/c1-10(2,3)5-8(14)13-6(9(15)16)4-7(11)12/h6-7H,4-5H2,1-3H3,(H,13,14)(H,15,16). The summed E-state index contributed by atoms with van der Waals surface area (Å²) >= 11 is 0. The molecule has 0 spiro atoms. The van der Waals surface area contributed by atoms with Gasteiger partial charge in [-0.15, -0.1) is 0 Å². The van der Waals surface area contributed by atoms with Crippen LogP contribution in [0.3, 0.4) is 0 Å². The topological polar surface area (TPSA) is 66.4 Å². The van der Waals surface area contributed by atoms with Crippen molar-refractivity contribution in [1.29, 1.82) is 0 Å². The lowest BCUT2D eigenvalue weighted by atomic mass is 9.92. The number of halogens is 2. The molecule has 0 saturated heterocycles. The van der Waals surface area contributed by atoms with E-state index in [0.29, 0.717) is 0 Å². The number of rotatable bonds is 5. The molecular formula is C10H17F2NO3. The number of alkyl halides is 2. The van der Waals surface area contributed by atoms with Crippen LogP contribution in [-0.2, 0) is 9.59 Å². The van der Waals surface area contributed by atoms with Gasteiger partial charge in [-0.3, -0.25) is 4.79 Å². The summed E-state index contributed by atoms with van der Waals surface area (Å²) in [4.78, 5) is 21.9. The molecule has 0 fully saturated rings. The Hall–Kier alpha value is -1.20. The van der Waals surface area contributed by atoms with Gasteiger partial charge in [-0.1, -0.05) is 20.8 Å². The van der Waals surface area contributed by atoms with Crippen molar-refractivity contribution in [2.45, 2.75) is 46.1 Å². The number of aliphatic carboxylic acids is 1. The molecule has 94 valence electrons. The molecule has 0 aliphatic carbocycles. The zero-order valence-electron chi connectivity index (χ0n) is 9.59. The van der Waals surface area contributed by atoms with Gasteiger partial charge in [0.05, 0.1) is 0 Å². The third-order valence-electron chi connectivity index (χ3n) is 1.74. The van der Waals surface area contributed by atoms with Crippen LogP contribution in [0.4, 0.5) is 8.78 Å². The van der Waals surface area contributed by atoms with Gasteiger partial charge in [0.1, 0.15) is 6.04 Å². The van der Waals surface area contributed by atoms with Crippen LogP contribution in [0.2, 0.25) is 0 Å². The summed E-state index contributed by atoms with van der Waals surface area (Å²) in [5, 5.41) is 10.7. The number of carbonyl (C=O) groups is 2. The zero-order valence-corrected chi connectivity index (χ0v) is 9.59. The molecule has 1 atom stereocenters. The molecule has 16 heavy (non-hydrogen) atoms. The van der Waals surface area contributed by atoms with E-state index < -0.39 is 30.8 Å². The Kier molecular flexibility index (Phi) is 5.33. The number of nitrogens with one attached hydrogen (secondary N) is 1. The van der Waals surface area contributed by atoms with Crippen LogP contribution in [0.1, 0.15) is 33.6 Å². The molecule has 4 nitrogen and oxygen atoms in total. The maximum atomic E-state index is 12.0. The van der Waals surface area contributed by atoms with Crippen LogP contribution >= 0.6 is 0 Å². The summed E-state index contributed by atoms with van der Waals surface area (Å²) in [6, 6.07) is -1.52. The van der Waals surface area contributed by atoms with Crippen LogP contribution < -0.4 is 5.32 Å². The number of carboxylic acids is 1. The number of amides is 1. The van der Waals surface area contributed by atoms with Crippen LogP contribution in [0.25, 0.3) is 0 Å². The number of hydrogen-bond donors (Lipinski definition) is 2. The maximum Gasteiger partial charge on any atom is 0.326 e. The van der Waals surface area contributed by atoms with Gasteiger partial charge >= 0.3 is 5.97 Å². The Bertz CT molecular complexity index is 261. The lowest BCUT2D eigenvalue weighted by Crippen LogP contribution is -2.43. The first-order chi connectivity index (χ1) is 7.11. The van der Waals surface area contributed by atoms with E-state index >= 15 is 0 Å². The minimum Gasteiger partial charge on any atom is -0.480 e. The molecule has 1 amide bonds. The van der Waals surface area contributed by atoms with E-state index in [2.05, 4.69) is 5.32 Å². The lowest BCUT2D eigenvalue weighted by molar-refractivity contribution is -0.143. The second-order valence-electron chi connectivity index (χ2n) is 4.82.